The molecule has 14 heteroatoms. The van der Waals surface area contributed by atoms with Crippen LogP contribution in [0.15, 0.2) is 54.7 Å². The SMILES string of the molecule is Cc1cc(N2CCC3(CCN(C(=O)c4ccc(N5CCN(CC6CCN(c7ccc8c(c7)C(=O)N(C7CCC(=O)NC7=O)C8=O)CC6)CC5)cc4)CC3)C2)cnc1C#N. The van der Waals surface area contributed by atoms with Crippen LogP contribution < -0.4 is 20.0 Å². The van der Waals surface area contributed by atoms with Crippen molar-refractivity contribution in [1.82, 2.24) is 25.0 Å². The van der Waals surface area contributed by atoms with Crippen LogP contribution >= 0.6 is 0 Å². The summed E-state index contributed by atoms with van der Waals surface area (Å²) >= 11 is 0. The molecule has 0 aliphatic carbocycles. The number of carbonyl (C=O) groups is 5. The first-order chi connectivity index (χ1) is 28.6. The number of nitrogens with one attached hydrogen (secondary N) is 1. The molecule has 306 valence electrons. The number of benzene rings is 2. The van der Waals surface area contributed by atoms with E-state index in [0.29, 0.717) is 22.7 Å². The summed E-state index contributed by atoms with van der Waals surface area (Å²) in [5.41, 5.74) is 6.11. The van der Waals surface area contributed by atoms with Gasteiger partial charge in [-0.25, -0.2) is 4.98 Å². The maximum Gasteiger partial charge on any atom is 0.262 e. The molecule has 5 fully saturated rings. The number of piperidine rings is 3. The van der Waals surface area contributed by atoms with E-state index in [-0.39, 0.29) is 30.1 Å². The van der Waals surface area contributed by atoms with E-state index in [1.54, 1.807) is 12.1 Å². The molecule has 1 spiro atoms. The number of hydrogen-bond donors (Lipinski definition) is 1. The molecule has 0 bridgehead atoms. The second-order valence-electron chi connectivity index (χ2n) is 17.4. The Kier molecular flexibility index (Phi) is 10.3. The lowest BCUT2D eigenvalue weighted by molar-refractivity contribution is -0.136. The van der Waals surface area contributed by atoms with Gasteiger partial charge in [0.05, 0.1) is 23.0 Å². The Balaban J connectivity index is 0.713. The van der Waals surface area contributed by atoms with E-state index in [4.69, 9.17) is 0 Å². The summed E-state index contributed by atoms with van der Waals surface area (Å²) in [6, 6.07) is 16.8. The Hall–Kier alpha value is -5.81. The van der Waals surface area contributed by atoms with Gasteiger partial charge in [-0.1, -0.05) is 0 Å². The van der Waals surface area contributed by atoms with Crippen LogP contribution in [0.5, 0.6) is 0 Å². The molecule has 1 unspecified atom stereocenters. The molecule has 9 rings (SSSR count). The topological polar surface area (TPSA) is 153 Å². The molecule has 7 heterocycles. The standard InChI is InChI=1S/C45H51N9O5/c1-30-24-35(27-47-38(30)26-46)53-19-14-45(29-53)12-17-52(18-13-45)42(57)32-2-4-33(5-3-32)51-22-20-49(21-23-51)28-31-10-15-50(16-11-31)34-6-7-36-37(25-34)44(59)54(43(36)58)39-8-9-40(55)48-41(39)56/h2-7,24-25,27,31,39H,8-23,28-29H2,1H3,(H,48,55,56). The largest absolute Gasteiger partial charge is 0.371 e. The van der Waals surface area contributed by atoms with E-state index in [9.17, 15) is 29.2 Å². The lowest BCUT2D eigenvalue weighted by atomic mass is 9.77. The van der Waals surface area contributed by atoms with Gasteiger partial charge in [-0.15, -0.1) is 0 Å². The highest BCUT2D eigenvalue weighted by atomic mass is 16.2. The van der Waals surface area contributed by atoms with Crippen LogP contribution in [0.4, 0.5) is 17.1 Å². The number of likely N-dealkylation sites (tertiary alicyclic amines) is 1. The van der Waals surface area contributed by atoms with E-state index in [0.717, 1.165) is 137 Å². The summed E-state index contributed by atoms with van der Waals surface area (Å²) in [4.78, 5) is 81.1. The molecule has 5 saturated heterocycles. The summed E-state index contributed by atoms with van der Waals surface area (Å²) in [5.74, 6) is -1.25. The highest BCUT2D eigenvalue weighted by Crippen LogP contribution is 2.42. The third-order valence-electron chi connectivity index (χ3n) is 13.9. The molecule has 6 aliphatic rings. The van der Waals surface area contributed by atoms with Gasteiger partial charge >= 0.3 is 0 Å². The predicted octanol–water partition coefficient (Wildman–Crippen LogP) is 3.83. The Morgan fingerprint density at radius 3 is 2.15 bits per heavy atom. The molecule has 6 aliphatic heterocycles. The molecular weight excluding hydrogens is 747 g/mol. The zero-order valence-electron chi connectivity index (χ0n) is 33.7. The molecule has 1 N–H and O–H groups in total. The fraction of sp³-hybridized carbons (Fsp3) is 0.489. The maximum atomic E-state index is 13.6. The van der Waals surface area contributed by atoms with Crippen LogP contribution in [0, 0.1) is 29.6 Å². The van der Waals surface area contributed by atoms with Crippen LogP contribution in [0.3, 0.4) is 0 Å². The van der Waals surface area contributed by atoms with Crippen molar-refractivity contribution in [2.24, 2.45) is 11.3 Å². The lowest BCUT2D eigenvalue weighted by Crippen LogP contribution is -2.54. The number of rotatable bonds is 7. The van der Waals surface area contributed by atoms with Crippen molar-refractivity contribution >= 4 is 46.6 Å². The second kappa shape index (κ2) is 15.7. The molecule has 3 aromatic rings. The van der Waals surface area contributed by atoms with Gasteiger partial charge in [-0.05, 0) is 111 Å². The number of hydrogen-bond acceptors (Lipinski definition) is 11. The second-order valence-corrected chi connectivity index (χ2v) is 17.4. The number of pyridine rings is 1. The maximum absolute atomic E-state index is 13.6. The van der Waals surface area contributed by atoms with E-state index >= 15 is 0 Å². The third kappa shape index (κ3) is 7.52. The average molecular weight is 798 g/mol. The first kappa shape index (κ1) is 38.7. The van der Waals surface area contributed by atoms with Crippen molar-refractivity contribution < 1.29 is 24.0 Å². The number of fused-ring (bicyclic) bond motifs is 1. The van der Waals surface area contributed by atoms with E-state index < -0.39 is 23.8 Å². The molecule has 0 radical (unpaired) electrons. The number of nitriles is 1. The van der Waals surface area contributed by atoms with Crippen molar-refractivity contribution in [2.75, 3.05) is 86.7 Å². The van der Waals surface area contributed by atoms with Gasteiger partial charge in [-0.2, -0.15) is 5.26 Å². The van der Waals surface area contributed by atoms with Gasteiger partial charge < -0.3 is 19.6 Å². The number of nitrogens with zero attached hydrogens (tertiary/aromatic N) is 8. The zero-order valence-corrected chi connectivity index (χ0v) is 33.7. The summed E-state index contributed by atoms with van der Waals surface area (Å²) in [6.07, 6.45) is 7.23. The molecule has 14 nitrogen and oxygen atoms in total. The van der Waals surface area contributed by atoms with Crippen molar-refractivity contribution in [2.45, 2.75) is 57.9 Å². The monoisotopic (exact) mass is 797 g/mol. The lowest BCUT2D eigenvalue weighted by Gasteiger charge is -2.40. The Morgan fingerprint density at radius 2 is 1.46 bits per heavy atom. The fourth-order valence-electron chi connectivity index (χ4n) is 10.2. The molecule has 1 atom stereocenters. The van der Waals surface area contributed by atoms with Crippen molar-refractivity contribution in [1.29, 1.82) is 5.26 Å². The predicted molar refractivity (Wildman–Crippen MR) is 221 cm³/mol. The molecule has 0 saturated carbocycles. The number of amides is 5. The van der Waals surface area contributed by atoms with Crippen LogP contribution in [0.1, 0.15) is 87.3 Å². The molecule has 1 aromatic heterocycles. The molecule has 2 aromatic carbocycles. The normalized spacial score (nSPS) is 22.6. The zero-order chi connectivity index (χ0) is 40.8. The average Bonchev–Trinajstić information content (AvgIpc) is 3.78. The Bertz CT molecular complexity index is 2210. The first-order valence-corrected chi connectivity index (χ1v) is 21.2. The number of aromatic nitrogens is 1. The number of anilines is 3. The van der Waals surface area contributed by atoms with Gasteiger partial charge in [0.25, 0.3) is 17.7 Å². The number of piperazine rings is 1. The molecule has 5 amide bonds. The number of carbonyl (C=O) groups excluding carboxylic acids is 5. The highest BCUT2D eigenvalue weighted by Gasteiger charge is 2.45. The van der Waals surface area contributed by atoms with Crippen LogP contribution in [0.25, 0.3) is 0 Å². The van der Waals surface area contributed by atoms with Crippen molar-refractivity contribution in [3.63, 3.8) is 0 Å². The van der Waals surface area contributed by atoms with E-state index in [2.05, 4.69) is 54.2 Å². The van der Waals surface area contributed by atoms with Crippen LogP contribution in [0.2, 0.25) is 0 Å². The van der Waals surface area contributed by atoms with Crippen LogP contribution in [-0.4, -0.2) is 127 Å². The highest BCUT2D eigenvalue weighted by molar-refractivity contribution is 6.23. The summed E-state index contributed by atoms with van der Waals surface area (Å²) in [6.45, 7) is 12.0. The van der Waals surface area contributed by atoms with Crippen LogP contribution in [-0.2, 0) is 9.59 Å². The quantitative estimate of drug-likeness (QED) is 0.347. The van der Waals surface area contributed by atoms with E-state index in [1.165, 1.54) is 0 Å². The van der Waals surface area contributed by atoms with Gasteiger partial charge in [0.1, 0.15) is 17.8 Å². The van der Waals surface area contributed by atoms with Gasteiger partial charge in [0, 0.05) is 95.4 Å². The minimum absolute atomic E-state index is 0.0981. The van der Waals surface area contributed by atoms with Gasteiger partial charge in [-0.3, -0.25) is 39.1 Å². The minimum atomic E-state index is -0.965. The number of aryl methyl sites for hydroxylation is 1. The molecule has 59 heavy (non-hydrogen) atoms. The Labute approximate surface area is 344 Å². The van der Waals surface area contributed by atoms with E-state index in [1.807, 2.05) is 36.2 Å². The fourth-order valence-corrected chi connectivity index (χ4v) is 10.2. The smallest absolute Gasteiger partial charge is 0.262 e. The first-order valence-electron chi connectivity index (χ1n) is 21.2. The van der Waals surface area contributed by atoms with Crippen molar-refractivity contribution in [3.8, 4) is 6.07 Å². The minimum Gasteiger partial charge on any atom is -0.371 e. The summed E-state index contributed by atoms with van der Waals surface area (Å²) in [7, 11) is 0. The van der Waals surface area contributed by atoms with Crippen molar-refractivity contribution in [3.05, 3.63) is 82.7 Å². The summed E-state index contributed by atoms with van der Waals surface area (Å²) in [5, 5.41) is 11.5. The van der Waals surface area contributed by atoms with Gasteiger partial charge in [0.15, 0.2) is 0 Å². The Morgan fingerprint density at radius 1 is 0.780 bits per heavy atom. The summed E-state index contributed by atoms with van der Waals surface area (Å²) < 4.78 is 0. The third-order valence-corrected chi connectivity index (χ3v) is 13.9. The molecular formula is C45H51N9O5. The number of imide groups is 2. The van der Waals surface area contributed by atoms with Gasteiger partial charge in [0.2, 0.25) is 11.8 Å².